The first-order valence-corrected chi connectivity index (χ1v) is 4.73. The molecule has 1 aromatic carbocycles. The Labute approximate surface area is 95.6 Å². The van der Waals surface area contributed by atoms with Crippen molar-refractivity contribution in [3.05, 3.63) is 35.3 Å². The largest absolute Gasteiger partial charge is 0.379 e. The van der Waals surface area contributed by atoms with Crippen LogP contribution in [0.3, 0.4) is 0 Å². The molecule has 0 aliphatic rings. The Hall–Kier alpha value is -2.44. The molecule has 0 saturated carbocycles. The fraction of sp³-hybridized carbons (Fsp3) is 0.100. The van der Waals surface area contributed by atoms with Gasteiger partial charge in [-0.15, -0.1) is 0 Å². The summed E-state index contributed by atoms with van der Waals surface area (Å²) in [5.41, 5.74) is 6.22. The topological polar surface area (TPSA) is 94.0 Å². The van der Waals surface area contributed by atoms with Gasteiger partial charge in [-0.05, 0) is 41.0 Å². The standard InChI is InChI=1S/C10H9FN4O2/c1-5-2-6(11)4-7(3-5)13-10(16)8-9(12)15-17-14-8/h2-4H,1H3,(H2,12,15)(H,13,16). The number of hydrogen-bond donors (Lipinski definition) is 2. The van der Waals surface area contributed by atoms with Crippen LogP contribution in [0, 0.1) is 12.7 Å². The normalized spacial score (nSPS) is 10.2. The van der Waals surface area contributed by atoms with Crippen LogP contribution in [0.4, 0.5) is 15.9 Å². The molecule has 17 heavy (non-hydrogen) atoms. The molecule has 0 atom stereocenters. The van der Waals surface area contributed by atoms with E-state index in [0.717, 1.165) is 0 Å². The van der Waals surface area contributed by atoms with Crippen LogP contribution < -0.4 is 11.1 Å². The van der Waals surface area contributed by atoms with E-state index >= 15 is 0 Å². The smallest absolute Gasteiger partial charge is 0.281 e. The van der Waals surface area contributed by atoms with Crippen molar-refractivity contribution in [1.29, 1.82) is 0 Å². The van der Waals surface area contributed by atoms with E-state index in [2.05, 4.69) is 20.3 Å². The van der Waals surface area contributed by atoms with E-state index in [-0.39, 0.29) is 11.5 Å². The van der Waals surface area contributed by atoms with E-state index in [9.17, 15) is 9.18 Å². The molecule has 0 aliphatic carbocycles. The molecule has 88 valence electrons. The summed E-state index contributed by atoms with van der Waals surface area (Å²) in [6, 6.07) is 4.15. The molecule has 0 aliphatic heterocycles. The van der Waals surface area contributed by atoms with Gasteiger partial charge >= 0.3 is 0 Å². The van der Waals surface area contributed by atoms with Gasteiger partial charge in [-0.2, -0.15) is 0 Å². The van der Waals surface area contributed by atoms with Gasteiger partial charge in [-0.1, -0.05) is 0 Å². The minimum atomic E-state index is -0.603. The second kappa shape index (κ2) is 4.20. The number of hydrogen-bond acceptors (Lipinski definition) is 5. The Balaban J connectivity index is 2.21. The van der Waals surface area contributed by atoms with E-state index in [1.807, 2.05) is 0 Å². The second-order valence-corrected chi connectivity index (χ2v) is 3.47. The number of aryl methyl sites for hydroxylation is 1. The lowest BCUT2D eigenvalue weighted by atomic mass is 10.2. The van der Waals surface area contributed by atoms with Crippen LogP contribution in [-0.2, 0) is 0 Å². The second-order valence-electron chi connectivity index (χ2n) is 3.47. The lowest BCUT2D eigenvalue weighted by Gasteiger charge is -2.04. The van der Waals surface area contributed by atoms with Gasteiger partial charge in [0.1, 0.15) is 5.82 Å². The van der Waals surface area contributed by atoms with E-state index < -0.39 is 11.7 Å². The van der Waals surface area contributed by atoms with Crippen LogP contribution in [0.15, 0.2) is 22.8 Å². The Bertz CT molecular complexity index is 547. The predicted molar refractivity (Wildman–Crippen MR) is 57.8 cm³/mol. The van der Waals surface area contributed by atoms with Crippen molar-refractivity contribution < 1.29 is 13.8 Å². The average Bonchev–Trinajstić information content (AvgIpc) is 2.62. The van der Waals surface area contributed by atoms with Gasteiger partial charge in [0.05, 0.1) is 0 Å². The van der Waals surface area contributed by atoms with E-state index in [4.69, 9.17) is 5.73 Å². The number of anilines is 2. The van der Waals surface area contributed by atoms with Gasteiger partial charge < -0.3 is 11.1 Å². The van der Waals surface area contributed by atoms with Gasteiger partial charge in [0.2, 0.25) is 11.5 Å². The van der Waals surface area contributed by atoms with Crippen LogP contribution in [0.5, 0.6) is 0 Å². The number of nitrogens with two attached hydrogens (primary N) is 1. The van der Waals surface area contributed by atoms with Crippen LogP contribution in [0.2, 0.25) is 0 Å². The average molecular weight is 236 g/mol. The van der Waals surface area contributed by atoms with Crippen molar-refractivity contribution in [2.24, 2.45) is 0 Å². The van der Waals surface area contributed by atoms with Crippen molar-refractivity contribution in [3.8, 4) is 0 Å². The molecule has 0 spiro atoms. The quantitative estimate of drug-likeness (QED) is 0.820. The van der Waals surface area contributed by atoms with Crippen molar-refractivity contribution in [2.75, 3.05) is 11.1 Å². The zero-order chi connectivity index (χ0) is 12.4. The molecule has 1 aromatic heterocycles. The number of benzene rings is 1. The summed E-state index contributed by atoms with van der Waals surface area (Å²) in [7, 11) is 0. The first-order chi connectivity index (χ1) is 8.06. The number of rotatable bonds is 2. The highest BCUT2D eigenvalue weighted by atomic mass is 19.1. The van der Waals surface area contributed by atoms with Gasteiger partial charge in [0.15, 0.2) is 0 Å². The summed E-state index contributed by atoms with van der Waals surface area (Å²) in [5.74, 6) is -1.16. The molecular weight excluding hydrogens is 227 g/mol. The third kappa shape index (κ3) is 2.39. The minimum absolute atomic E-state index is 0.115. The zero-order valence-corrected chi connectivity index (χ0v) is 8.90. The monoisotopic (exact) mass is 236 g/mol. The van der Waals surface area contributed by atoms with Crippen molar-refractivity contribution >= 4 is 17.4 Å². The Morgan fingerprint density at radius 3 is 2.76 bits per heavy atom. The number of amides is 1. The zero-order valence-electron chi connectivity index (χ0n) is 8.90. The number of nitrogens with zero attached hydrogens (tertiary/aromatic N) is 2. The fourth-order valence-corrected chi connectivity index (χ4v) is 1.35. The molecule has 0 radical (unpaired) electrons. The number of halogens is 1. The third-order valence-corrected chi connectivity index (χ3v) is 2.03. The first kappa shape index (κ1) is 11.1. The highest BCUT2D eigenvalue weighted by Crippen LogP contribution is 2.15. The van der Waals surface area contributed by atoms with E-state index in [0.29, 0.717) is 11.3 Å². The molecule has 0 fully saturated rings. The van der Waals surface area contributed by atoms with E-state index in [1.165, 1.54) is 12.1 Å². The highest BCUT2D eigenvalue weighted by molar-refractivity contribution is 6.05. The lowest BCUT2D eigenvalue weighted by molar-refractivity contribution is 0.101. The van der Waals surface area contributed by atoms with Crippen molar-refractivity contribution in [1.82, 2.24) is 10.3 Å². The maximum absolute atomic E-state index is 13.1. The van der Waals surface area contributed by atoms with Crippen LogP contribution in [0.25, 0.3) is 0 Å². The number of aromatic nitrogens is 2. The third-order valence-electron chi connectivity index (χ3n) is 2.03. The van der Waals surface area contributed by atoms with Crippen LogP contribution in [0.1, 0.15) is 16.1 Å². The first-order valence-electron chi connectivity index (χ1n) is 4.73. The van der Waals surface area contributed by atoms with Crippen molar-refractivity contribution in [2.45, 2.75) is 6.92 Å². The van der Waals surface area contributed by atoms with Crippen LogP contribution >= 0.6 is 0 Å². The summed E-state index contributed by atoms with van der Waals surface area (Å²) in [5, 5.41) is 9.06. The summed E-state index contributed by atoms with van der Waals surface area (Å²) < 4.78 is 17.4. The van der Waals surface area contributed by atoms with Gasteiger partial charge in [0.25, 0.3) is 5.91 Å². The fourth-order valence-electron chi connectivity index (χ4n) is 1.35. The minimum Gasteiger partial charge on any atom is -0.379 e. The molecule has 7 heteroatoms. The molecule has 2 rings (SSSR count). The summed E-state index contributed by atoms with van der Waals surface area (Å²) in [4.78, 5) is 11.6. The highest BCUT2D eigenvalue weighted by Gasteiger charge is 2.16. The molecule has 0 saturated heterocycles. The van der Waals surface area contributed by atoms with Crippen molar-refractivity contribution in [3.63, 3.8) is 0 Å². The lowest BCUT2D eigenvalue weighted by Crippen LogP contribution is -2.14. The maximum atomic E-state index is 13.1. The van der Waals surface area contributed by atoms with Gasteiger partial charge in [-0.3, -0.25) is 4.79 Å². The Morgan fingerprint density at radius 2 is 2.18 bits per heavy atom. The molecule has 6 nitrogen and oxygen atoms in total. The number of nitrogen functional groups attached to an aromatic ring is 1. The SMILES string of the molecule is Cc1cc(F)cc(NC(=O)c2nonc2N)c1. The predicted octanol–water partition coefficient (Wildman–Crippen LogP) is 1.35. The molecule has 0 bridgehead atoms. The molecule has 1 amide bonds. The van der Waals surface area contributed by atoms with Crippen LogP contribution in [-0.4, -0.2) is 16.2 Å². The van der Waals surface area contributed by atoms with E-state index in [1.54, 1.807) is 13.0 Å². The summed E-state index contributed by atoms with van der Waals surface area (Å²) in [6.45, 7) is 1.71. The maximum Gasteiger partial charge on any atom is 0.281 e. The Morgan fingerprint density at radius 1 is 1.41 bits per heavy atom. The number of carbonyl (C=O) groups excluding carboxylic acids is 1. The van der Waals surface area contributed by atoms with Gasteiger partial charge in [-0.25, -0.2) is 9.02 Å². The molecular formula is C10H9FN4O2. The number of carbonyl (C=O) groups is 1. The number of nitrogens with one attached hydrogen (secondary N) is 1. The molecule has 0 unspecified atom stereocenters. The molecule has 2 aromatic rings. The summed E-state index contributed by atoms with van der Waals surface area (Å²) >= 11 is 0. The summed E-state index contributed by atoms with van der Waals surface area (Å²) in [6.07, 6.45) is 0. The Kier molecular flexibility index (Phi) is 2.73. The molecule has 3 N–H and O–H groups in total. The molecule has 1 heterocycles. The van der Waals surface area contributed by atoms with Gasteiger partial charge in [0, 0.05) is 5.69 Å².